The molecule has 0 fully saturated rings. The highest BCUT2D eigenvalue weighted by molar-refractivity contribution is 8.03. The molecule has 1 atom stereocenters. The lowest BCUT2D eigenvalue weighted by molar-refractivity contribution is -0.458. The van der Waals surface area contributed by atoms with E-state index in [2.05, 4.69) is 3.63 Å². The van der Waals surface area contributed by atoms with E-state index < -0.39 is 97.4 Å². The summed E-state index contributed by atoms with van der Waals surface area (Å²) in [4.78, 5) is 11.8. The predicted octanol–water partition coefficient (Wildman–Crippen LogP) is 7.25. The largest absolute Gasteiger partial charge is 0.460 e. The summed E-state index contributed by atoms with van der Waals surface area (Å²) in [5.41, 5.74) is -1.21. The lowest BCUT2D eigenvalue weighted by atomic mass is 9.91. The van der Waals surface area contributed by atoms with Gasteiger partial charge in [0.15, 0.2) is 17.0 Å². The molecule has 246 valence electrons. The molecule has 0 saturated heterocycles. The van der Waals surface area contributed by atoms with Crippen molar-refractivity contribution in [2.75, 3.05) is 11.5 Å². The fourth-order valence-electron chi connectivity index (χ4n) is 2.59. The van der Waals surface area contributed by atoms with E-state index in [-0.39, 0.29) is 6.42 Å². The zero-order valence-electron chi connectivity index (χ0n) is 20.7. The van der Waals surface area contributed by atoms with Crippen LogP contribution in [0.3, 0.4) is 0 Å². The number of alkyl halides is 17. The van der Waals surface area contributed by atoms with Crippen LogP contribution in [-0.2, 0) is 29.7 Å². The van der Waals surface area contributed by atoms with Gasteiger partial charge in [-0.15, -0.1) is 0 Å². The Hall–Kier alpha value is -1.26. The number of rotatable bonds is 14. The first-order valence-corrected chi connectivity index (χ1v) is 13.3. The van der Waals surface area contributed by atoms with Crippen LogP contribution in [0.2, 0.25) is 0 Å². The summed E-state index contributed by atoms with van der Waals surface area (Å²) in [6, 6.07) is 0. The Morgan fingerprint density at radius 3 is 1.29 bits per heavy atom. The number of carbonyl (C=O) groups excluding carboxylic acids is 1. The summed E-state index contributed by atoms with van der Waals surface area (Å²) in [6.45, 7) is 5.02. The Balaban J connectivity index is 6.91. The SMILES string of the molecule is CCCC(=O)C[S+](CC(C)(C)C)OS(=O)(=O)C(F)(F)C(F)(F)C(F)(F)C(F)(F)C(F)(F)C(F)(F)C(F)(F)C(F)(F)F. The summed E-state index contributed by atoms with van der Waals surface area (Å²) in [6.07, 6.45) is -8.27. The fraction of sp³-hybridized carbons (Fsp3) is 0.944. The molecule has 0 N–H and O–H groups in total. The average molecular weight is 687 g/mol. The fourth-order valence-corrected chi connectivity index (χ4v) is 6.34. The van der Waals surface area contributed by atoms with E-state index in [1.165, 1.54) is 27.7 Å². The van der Waals surface area contributed by atoms with Crippen LogP contribution in [0.4, 0.5) is 74.6 Å². The quantitative estimate of drug-likeness (QED) is 0.143. The highest BCUT2D eigenvalue weighted by Gasteiger charge is 2.96. The second kappa shape index (κ2) is 11.3. The van der Waals surface area contributed by atoms with Gasteiger partial charge in [0, 0.05) is 11.8 Å². The molecule has 0 rings (SSSR count). The summed E-state index contributed by atoms with van der Waals surface area (Å²) < 4.78 is 256. The molecule has 1 unspecified atom stereocenters. The van der Waals surface area contributed by atoms with Gasteiger partial charge in [0.25, 0.3) is 0 Å². The third-order valence-corrected chi connectivity index (χ3v) is 8.84. The lowest BCUT2D eigenvalue weighted by Crippen LogP contribution is -2.75. The van der Waals surface area contributed by atoms with Crippen LogP contribution in [0.5, 0.6) is 0 Å². The van der Waals surface area contributed by atoms with E-state index >= 15 is 0 Å². The molecule has 0 aliphatic carbocycles. The first-order chi connectivity index (χ1) is 17.5. The lowest BCUT2D eigenvalue weighted by Gasteiger charge is -2.42. The number of hydrogen-bond acceptors (Lipinski definition) is 4. The smallest absolute Gasteiger partial charge is 0.294 e. The summed E-state index contributed by atoms with van der Waals surface area (Å²) in [5.74, 6) is -55.1. The number of ketones is 1. The molecule has 0 aromatic rings. The second-order valence-corrected chi connectivity index (χ2v) is 13.0. The van der Waals surface area contributed by atoms with Crippen LogP contribution >= 0.6 is 0 Å². The Morgan fingerprint density at radius 2 is 0.976 bits per heavy atom. The molecule has 0 saturated carbocycles. The summed E-state index contributed by atoms with van der Waals surface area (Å²) >= 11 is -2.75. The van der Waals surface area contributed by atoms with Gasteiger partial charge in [0.2, 0.25) is 5.75 Å². The van der Waals surface area contributed by atoms with Gasteiger partial charge in [-0.05, 0) is 10.1 Å². The van der Waals surface area contributed by atoms with Crippen molar-refractivity contribution in [1.82, 2.24) is 0 Å². The van der Waals surface area contributed by atoms with Gasteiger partial charge in [0.05, 0.1) is 0 Å². The van der Waals surface area contributed by atoms with Crippen molar-refractivity contribution < 1.29 is 91.5 Å². The molecule has 0 spiro atoms. The van der Waals surface area contributed by atoms with E-state index in [1.807, 2.05) is 0 Å². The van der Waals surface area contributed by atoms with Gasteiger partial charge in [-0.1, -0.05) is 27.7 Å². The van der Waals surface area contributed by atoms with Crippen LogP contribution < -0.4 is 0 Å². The molecule has 0 aromatic carbocycles. The zero-order valence-corrected chi connectivity index (χ0v) is 22.3. The van der Waals surface area contributed by atoms with Crippen LogP contribution in [0.15, 0.2) is 0 Å². The third-order valence-electron chi connectivity index (χ3n) is 4.64. The van der Waals surface area contributed by atoms with Crippen molar-refractivity contribution in [3.8, 4) is 0 Å². The Bertz CT molecular complexity index is 1050. The van der Waals surface area contributed by atoms with Crippen LogP contribution in [0.25, 0.3) is 0 Å². The standard InChI is InChI=1S/C18H20F17O4S2/c1-5-6-9(36)7-40(8-10(2,3)4)39-41(37,38)18(34,35)16(29,30)14(25,26)12(21,22)11(19,20)13(23,24)15(27,28)17(31,32)33/h5-8H2,1-4H3/q+1. The second-order valence-electron chi connectivity index (χ2n) is 9.56. The highest BCUT2D eigenvalue weighted by Crippen LogP contribution is 2.64. The maximum absolute atomic E-state index is 14.3. The normalized spacial score (nSPS) is 16.6. The number of carbonyl (C=O) groups is 1. The van der Waals surface area contributed by atoms with Gasteiger partial charge in [0.1, 0.15) is 5.75 Å². The first-order valence-electron chi connectivity index (χ1n) is 10.4. The van der Waals surface area contributed by atoms with E-state index in [4.69, 9.17) is 0 Å². The molecule has 0 aliphatic rings. The molecule has 0 heterocycles. The zero-order chi connectivity index (χ0) is 33.7. The van der Waals surface area contributed by atoms with Crippen molar-refractivity contribution in [3.05, 3.63) is 0 Å². The van der Waals surface area contributed by atoms with Crippen LogP contribution in [0.1, 0.15) is 40.5 Å². The summed E-state index contributed by atoms with van der Waals surface area (Å²) in [5, 5.41) is -7.78. The van der Waals surface area contributed by atoms with Gasteiger partial charge in [-0.25, -0.2) is 0 Å². The maximum atomic E-state index is 14.3. The van der Waals surface area contributed by atoms with Gasteiger partial charge in [-0.3, -0.25) is 4.79 Å². The first kappa shape index (κ1) is 39.7. The van der Waals surface area contributed by atoms with Crippen LogP contribution in [0, 0.1) is 5.41 Å². The third kappa shape index (κ3) is 6.79. The van der Waals surface area contributed by atoms with Gasteiger partial charge < -0.3 is 0 Å². The molecule has 0 aromatic heterocycles. The van der Waals surface area contributed by atoms with Crippen molar-refractivity contribution >= 4 is 27.1 Å². The molecule has 0 bridgehead atoms. The molecule has 0 amide bonds. The van der Waals surface area contributed by atoms with Crippen molar-refractivity contribution in [2.24, 2.45) is 5.41 Å². The molecular weight excluding hydrogens is 667 g/mol. The Morgan fingerprint density at radius 1 is 0.634 bits per heavy atom. The maximum Gasteiger partial charge on any atom is 0.460 e. The Labute approximate surface area is 223 Å². The average Bonchev–Trinajstić information content (AvgIpc) is 2.70. The van der Waals surface area contributed by atoms with Gasteiger partial charge in [-0.2, -0.15) is 83.1 Å². The number of hydrogen-bond donors (Lipinski definition) is 0. The molecule has 0 aliphatic heterocycles. The molecular formula is C18H20F17O4S2+. The Kier molecular flexibility index (Phi) is 11.0. The molecule has 0 radical (unpaired) electrons. The monoisotopic (exact) mass is 687 g/mol. The minimum Gasteiger partial charge on any atom is -0.294 e. The van der Waals surface area contributed by atoms with Crippen molar-refractivity contribution in [3.63, 3.8) is 0 Å². The van der Waals surface area contributed by atoms with E-state index in [9.17, 15) is 87.8 Å². The van der Waals surface area contributed by atoms with E-state index in [0.717, 1.165) is 0 Å². The number of halogens is 17. The van der Waals surface area contributed by atoms with Crippen molar-refractivity contribution in [2.45, 2.75) is 87.5 Å². The molecule has 4 nitrogen and oxygen atoms in total. The van der Waals surface area contributed by atoms with E-state index in [0.29, 0.717) is 0 Å². The summed E-state index contributed by atoms with van der Waals surface area (Å²) in [7, 11) is -7.72. The molecule has 41 heavy (non-hydrogen) atoms. The minimum absolute atomic E-state index is 0.0417. The van der Waals surface area contributed by atoms with Crippen molar-refractivity contribution in [1.29, 1.82) is 0 Å². The van der Waals surface area contributed by atoms with Crippen LogP contribution in [-0.4, -0.2) is 72.7 Å². The predicted molar refractivity (Wildman–Crippen MR) is 107 cm³/mol. The topological polar surface area (TPSA) is 60.4 Å². The highest BCUT2D eigenvalue weighted by atomic mass is 32.3. The number of Topliss-reactive ketones (excluding diaryl/α,β-unsaturated/α-hetero) is 1. The van der Waals surface area contributed by atoms with E-state index in [1.54, 1.807) is 0 Å². The molecule has 23 heteroatoms. The minimum atomic E-state index is -8.93. The van der Waals surface area contributed by atoms with Gasteiger partial charge >= 0.3 is 57.1 Å².